The van der Waals surface area contributed by atoms with E-state index in [4.69, 9.17) is 5.73 Å². The van der Waals surface area contributed by atoms with E-state index in [1.54, 1.807) is 0 Å². The van der Waals surface area contributed by atoms with Crippen molar-refractivity contribution in [2.24, 2.45) is 5.73 Å². The molecule has 0 radical (unpaired) electrons. The highest BCUT2D eigenvalue weighted by Gasteiger charge is 1.95. The molecule has 0 fully saturated rings. The number of rotatable bonds is 2. The molecule has 0 aliphatic heterocycles. The molecule has 0 aliphatic carbocycles. The van der Waals surface area contributed by atoms with E-state index in [1.807, 2.05) is 0 Å². The first-order valence-electron chi connectivity index (χ1n) is 3.57. The number of aromatic nitrogens is 1. The highest BCUT2D eigenvalue weighted by atomic mass is 15.0. The molecule has 0 aromatic carbocycles. The predicted molar refractivity (Wildman–Crippen MR) is 43.0 cm³/mol. The van der Waals surface area contributed by atoms with E-state index in [2.05, 4.69) is 30.7 Å². The molecule has 0 saturated carbocycles. The van der Waals surface area contributed by atoms with Gasteiger partial charge in [0.05, 0.1) is 0 Å². The summed E-state index contributed by atoms with van der Waals surface area (Å²) in [6.07, 6.45) is 2.13. The Kier molecular flexibility index (Phi) is 2.12. The first-order chi connectivity index (χ1) is 4.74. The fraction of sp³-hybridized carbons (Fsp3) is 0.500. The van der Waals surface area contributed by atoms with E-state index >= 15 is 0 Å². The molecule has 0 unspecified atom stereocenters. The van der Waals surface area contributed by atoms with Gasteiger partial charge >= 0.3 is 0 Å². The summed E-state index contributed by atoms with van der Waals surface area (Å²) in [5, 5.41) is 0. The van der Waals surface area contributed by atoms with Gasteiger partial charge in [-0.2, -0.15) is 0 Å². The molecule has 56 valence electrons. The second-order valence-corrected chi connectivity index (χ2v) is 2.64. The Morgan fingerprint density at radius 1 is 1.50 bits per heavy atom. The summed E-state index contributed by atoms with van der Waals surface area (Å²) in [4.78, 5) is 0. The lowest BCUT2D eigenvalue weighted by molar-refractivity contribution is 0.693. The van der Waals surface area contributed by atoms with Crippen molar-refractivity contribution in [2.75, 3.05) is 6.54 Å². The van der Waals surface area contributed by atoms with Crippen molar-refractivity contribution in [3.63, 3.8) is 0 Å². The van der Waals surface area contributed by atoms with Crippen molar-refractivity contribution in [2.45, 2.75) is 20.4 Å². The van der Waals surface area contributed by atoms with Crippen molar-refractivity contribution in [1.29, 1.82) is 0 Å². The molecule has 1 aromatic rings. The van der Waals surface area contributed by atoms with Crippen molar-refractivity contribution in [1.82, 2.24) is 4.57 Å². The van der Waals surface area contributed by atoms with Crippen LogP contribution in [0.4, 0.5) is 0 Å². The molecule has 0 saturated heterocycles. The van der Waals surface area contributed by atoms with E-state index in [0.29, 0.717) is 0 Å². The minimum atomic E-state index is 0.717. The predicted octanol–water partition coefficient (Wildman–Crippen LogP) is 1.06. The van der Waals surface area contributed by atoms with Crippen molar-refractivity contribution >= 4 is 0 Å². The minimum Gasteiger partial charge on any atom is -0.350 e. The Balaban J connectivity index is 2.81. The molecule has 0 aliphatic rings. The van der Waals surface area contributed by atoms with Crippen LogP contribution in [0.2, 0.25) is 0 Å². The lowest BCUT2D eigenvalue weighted by atomic mass is 10.4. The molecule has 0 spiro atoms. The van der Waals surface area contributed by atoms with Gasteiger partial charge in [0.15, 0.2) is 0 Å². The summed E-state index contributed by atoms with van der Waals surface area (Å²) in [5.74, 6) is 0. The third-order valence-corrected chi connectivity index (χ3v) is 1.62. The van der Waals surface area contributed by atoms with Gasteiger partial charge in [0, 0.05) is 25.0 Å². The first-order valence-corrected chi connectivity index (χ1v) is 3.57. The van der Waals surface area contributed by atoms with Gasteiger partial charge in [-0.15, -0.1) is 0 Å². The molecule has 2 nitrogen and oxygen atoms in total. The Morgan fingerprint density at radius 2 is 2.20 bits per heavy atom. The van der Waals surface area contributed by atoms with Crippen LogP contribution in [0.1, 0.15) is 11.3 Å². The Bertz CT molecular complexity index is 213. The summed E-state index contributed by atoms with van der Waals surface area (Å²) in [7, 11) is 0. The molecule has 1 rings (SSSR count). The zero-order valence-electron chi connectivity index (χ0n) is 6.59. The van der Waals surface area contributed by atoms with Gasteiger partial charge in [-0.1, -0.05) is 0 Å². The summed E-state index contributed by atoms with van der Waals surface area (Å²) in [6, 6.07) is 2.16. The number of hydrogen-bond acceptors (Lipinski definition) is 1. The number of aryl methyl sites for hydroxylation is 2. The van der Waals surface area contributed by atoms with Gasteiger partial charge in [0.1, 0.15) is 0 Å². The molecule has 0 atom stereocenters. The first kappa shape index (κ1) is 7.35. The largest absolute Gasteiger partial charge is 0.350 e. The van der Waals surface area contributed by atoms with Crippen LogP contribution in [0, 0.1) is 13.8 Å². The Morgan fingerprint density at radius 3 is 2.60 bits per heavy atom. The van der Waals surface area contributed by atoms with Crippen molar-refractivity contribution in [3.05, 3.63) is 23.5 Å². The number of hydrogen-bond donors (Lipinski definition) is 1. The van der Waals surface area contributed by atoms with Gasteiger partial charge in [0.2, 0.25) is 0 Å². The fourth-order valence-corrected chi connectivity index (χ4v) is 1.18. The van der Waals surface area contributed by atoms with E-state index < -0.39 is 0 Å². The van der Waals surface area contributed by atoms with Crippen LogP contribution in [0.25, 0.3) is 0 Å². The van der Waals surface area contributed by atoms with Gasteiger partial charge < -0.3 is 10.3 Å². The topological polar surface area (TPSA) is 30.9 Å². The van der Waals surface area contributed by atoms with Gasteiger partial charge in [-0.25, -0.2) is 0 Å². The normalized spacial score (nSPS) is 10.3. The fourth-order valence-electron chi connectivity index (χ4n) is 1.18. The lowest BCUT2D eigenvalue weighted by Crippen LogP contribution is -2.09. The summed E-state index contributed by atoms with van der Waals surface area (Å²) in [6.45, 7) is 5.84. The third kappa shape index (κ3) is 1.39. The van der Waals surface area contributed by atoms with Gasteiger partial charge in [0.25, 0.3) is 0 Å². The summed E-state index contributed by atoms with van der Waals surface area (Å²) >= 11 is 0. The minimum absolute atomic E-state index is 0.717. The van der Waals surface area contributed by atoms with Gasteiger partial charge in [-0.05, 0) is 25.5 Å². The van der Waals surface area contributed by atoms with Crippen LogP contribution < -0.4 is 5.73 Å². The maximum absolute atomic E-state index is 5.42. The average Bonchev–Trinajstić information content (AvgIpc) is 2.13. The molecule has 10 heavy (non-hydrogen) atoms. The van der Waals surface area contributed by atoms with Crippen LogP contribution in [0.3, 0.4) is 0 Å². The SMILES string of the molecule is Cc1cc(C)n(CCN)c1. The highest BCUT2D eigenvalue weighted by molar-refractivity contribution is 5.15. The maximum Gasteiger partial charge on any atom is 0.0345 e. The number of nitrogens with zero attached hydrogens (tertiary/aromatic N) is 1. The highest BCUT2D eigenvalue weighted by Crippen LogP contribution is 2.04. The monoisotopic (exact) mass is 138 g/mol. The van der Waals surface area contributed by atoms with Crippen LogP contribution in [0.15, 0.2) is 12.3 Å². The maximum atomic E-state index is 5.42. The second kappa shape index (κ2) is 2.88. The van der Waals surface area contributed by atoms with E-state index in [9.17, 15) is 0 Å². The standard InChI is InChI=1S/C8H14N2/c1-7-5-8(2)10(6-7)4-3-9/h5-6H,3-4,9H2,1-2H3. The van der Waals surface area contributed by atoms with Crippen molar-refractivity contribution < 1.29 is 0 Å². The quantitative estimate of drug-likeness (QED) is 0.651. The third-order valence-electron chi connectivity index (χ3n) is 1.62. The van der Waals surface area contributed by atoms with Crippen LogP contribution in [-0.4, -0.2) is 11.1 Å². The summed E-state index contributed by atoms with van der Waals surface area (Å²) < 4.78 is 2.18. The smallest absolute Gasteiger partial charge is 0.0345 e. The van der Waals surface area contributed by atoms with Crippen molar-refractivity contribution in [3.8, 4) is 0 Å². The van der Waals surface area contributed by atoms with Crippen LogP contribution in [-0.2, 0) is 6.54 Å². The zero-order chi connectivity index (χ0) is 7.56. The van der Waals surface area contributed by atoms with E-state index in [-0.39, 0.29) is 0 Å². The molecule has 0 bridgehead atoms. The van der Waals surface area contributed by atoms with E-state index in [1.165, 1.54) is 11.3 Å². The lowest BCUT2D eigenvalue weighted by Gasteiger charge is -2.01. The van der Waals surface area contributed by atoms with E-state index in [0.717, 1.165) is 13.1 Å². The van der Waals surface area contributed by atoms with Crippen LogP contribution >= 0.6 is 0 Å². The average molecular weight is 138 g/mol. The molecular formula is C8H14N2. The second-order valence-electron chi connectivity index (χ2n) is 2.64. The Labute approximate surface area is 61.7 Å². The molecule has 1 heterocycles. The van der Waals surface area contributed by atoms with Crippen LogP contribution in [0.5, 0.6) is 0 Å². The molecule has 1 aromatic heterocycles. The summed E-state index contributed by atoms with van der Waals surface area (Å²) in [5.41, 5.74) is 8.02. The van der Waals surface area contributed by atoms with Gasteiger partial charge in [-0.3, -0.25) is 0 Å². The molecule has 0 amide bonds. The zero-order valence-corrected chi connectivity index (χ0v) is 6.59. The molecular weight excluding hydrogens is 124 g/mol. The molecule has 2 N–H and O–H groups in total. The molecule has 2 heteroatoms. The number of nitrogens with two attached hydrogens (primary N) is 1. The Hall–Kier alpha value is -0.760.